The summed E-state index contributed by atoms with van der Waals surface area (Å²) in [4.78, 5) is 0. The number of nitriles is 1. The fourth-order valence-electron chi connectivity index (χ4n) is 2.64. The SMILES string of the molecule is CC(C)(C)[S@+]([O-])N[C@H](C#N)[C@@H]1C[C@@H]2[C@H](C1)C2(F)F. The van der Waals surface area contributed by atoms with E-state index in [-0.39, 0.29) is 5.92 Å². The Kier molecular flexibility index (Phi) is 3.37. The Labute approximate surface area is 109 Å². The molecule has 2 saturated carbocycles. The highest BCUT2D eigenvalue weighted by molar-refractivity contribution is 7.90. The van der Waals surface area contributed by atoms with Gasteiger partial charge in [-0.05, 0) is 39.5 Å². The molecule has 2 aliphatic carbocycles. The third-order valence-corrected chi connectivity index (χ3v) is 5.46. The first kappa shape index (κ1) is 14.0. The van der Waals surface area contributed by atoms with E-state index < -0.39 is 39.9 Å². The van der Waals surface area contributed by atoms with Gasteiger partial charge in [-0.3, -0.25) is 0 Å². The molecule has 0 aromatic carbocycles. The van der Waals surface area contributed by atoms with E-state index in [4.69, 9.17) is 5.26 Å². The summed E-state index contributed by atoms with van der Waals surface area (Å²) in [6.07, 6.45) is 0.731. The van der Waals surface area contributed by atoms with Crippen LogP contribution in [0.4, 0.5) is 8.78 Å². The molecule has 0 spiro atoms. The molecule has 2 aliphatic rings. The molecule has 6 heteroatoms. The lowest BCUT2D eigenvalue weighted by molar-refractivity contribution is 0.0624. The second-order valence-electron chi connectivity index (χ2n) is 6.22. The lowest BCUT2D eigenvalue weighted by Gasteiger charge is -2.28. The van der Waals surface area contributed by atoms with Crippen LogP contribution in [0.15, 0.2) is 0 Å². The van der Waals surface area contributed by atoms with Gasteiger partial charge in [0.15, 0.2) is 0 Å². The van der Waals surface area contributed by atoms with Gasteiger partial charge in [0, 0.05) is 23.2 Å². The summed E-state index contributed by atoms with van der Waals surface area (Å²) in [5, 5.41) is 9.10. The van der Waals surface area contributed by atoms with Crippen molar-refractivity contribution in [1.29, 1.82) is 5.26 Å². The Morgan fingerprint density at radius 1 is 1.39 bits per heavy atom. The lowest BCUT2D eigenvalue weighted by Crippen LogP contribution is -2.47. The van der Waals surface area contributed by atoms with Crippen molar-refractivity contribution in [2.45, 2.75) is 50.3 Å². The number of fused-ring (bicyclic) bond motifs is 1. The maximum absolute atomic E-state index is 13.1. The summed E-state index contributed by atoms with van der Waals surface area (Å²) in [6, 6.07) is 1.48. The molecule has 1 N–H and O–H groups in total. The summed E-state index contributed by atoms with van der Waals surface area (Å²) in [5.41, 5.74) is 0. The fourth-order valence-corrected chi connectivity index (χ4v) is 3.47. The lowest BCUT2D eigenvalue weighted by atomic mass is 9.95. The van der Waals surface area contributed by atoms with E-state index in [1.165, 1.54) is 0 Å². The second kappa shape index (κ2) is 4.32. The van der Waals surface area contributed by atoms with Crippen LogP contribution in [0.2, 0.25) is 0 Å². The van der Waals surface area contributed by atoms with Gasteiger partial charge < -0.3 is 4.55 Å². The van der Waals surface area contributed by atoms with Gasteiger partial charge in [-0.25, -0.2) is 8.78 Å². The molecule has 0 bridgehead atoms. The minimum Gasteiger partial charge on any atom is -0.598 e. The van der Waals surface area contributed by atoms with Crippen LogP contribution in [0, 0.1) is 29.1 Å². The number of hydrogen-bond acceptors (Lipinski definition) is 3. The highest BCUT2D eigenvalue weighted by atomic mass is 32.2. The zero-order chi connectivity index (χ0) is 13.7. The summed E-state index contributed by atoms with van der Waals surface area (Å²) < 4.78 is 40.4. The van der Waals surface area contributed by atoms with Crippen molar-refractivity contribution in [3.63, 3.8) is 0 Å². The molecule has 5 atom stereocenters. The highest BCUT2D eigenvalue weighted by Gasteiger charge is 2.72. The fraction of sp³-hybridized carbons (Fsp3) is 0.917. The van der Waals surface area contributed by atoms with Crippen LogP contribution in [-0.2, 0) is 11.4 Å². The molecule has 2 fully saturated rings. The third kappa shape index (κ3) is 2.36. The molecule has 18 heavy (non-hydrogen) atoms. The van der Waals surface area contributed by atoms with E-state index in [0.717, 1.165) is 0 Å². The molecule has 0 heterocycles. The Morgan fingerprint density at radius 3 is 2.28 bits per heavy atom. The van der Waals surface area contributed by atoms with Gasteiger partial charge in [-0.15, -0.1) is 4.72 Å². The van der Waals surface area contributed by atoms with Crippen LogP contribution in [0.5, 0.6) is 0 Å². The average Bonchev–Trinajstić information content (AvgIpc) is 2.68. The molecular formula is C12H18F2N2OS. The molecular weight excluding hydrogens is 258 g/mol. The van der Waals surface area contributed by atoms with Gasteiger partial charge in [0.1, 0.15) is 10.8 Å². The molecule has 102 valence electrons. The van der Waals surface area contributed by atoms with Crippen molar-refractivity contribution in [3.05, 3.63) is 0 Å². The molecule has 0 aromatic rings. The van der Waals surface area contributed by atoms with Crippen molar-refractivity contribution in [3.8, 4) is 6.07 Å². The maximum Gasteiger partial charge on any atom is 0.254 e. The van der Waals surface area contributed by atoms with Crippen LogP contribution in [0.3, 0.4) is 0 Å². The number of hydrogen-bond donors (Lipinski definition) is 1. The Hall–Kier alpha value is -0.380. The molecule has 0 saturated heterocycles. The van der Waals surface area contributed by atoms with Crippen LogP contribution >= 0.6 is 0 Å². The van der Waals surface area contributed by atoms with Gasteiger partial charge >= 0.3 is 0 Å². The highest BCUT2D eigenvalue weighted by Crippen LogP contribution is 2.66. The topological polar surface area (TPSA) is 58.9 Å². The van der Waals surface area contributed by atoms with E-state index in [2.05, 4.69) is 10.8 Å². The smallest absolute Gasteiger partial charge is 0.254 e. The Balaban J connectivity index is 1.91. The van der Waals surface area contributed by atoms with E-state index in [9.17, 15) is 13.3 Å². The van der Waals surface area contributed by atoms with Crippen molar-refractivity contribution in [2.75, 3.05) is 0 Å². The van der Waals surface area contributed by atoms with Gasteiger partial charge in [-0.1, -0.05) is 0 Å². The number of nitrogens with one attached hydrogen (secondary N) is 1. The number of nitrogens with zero attached hydrogens (tertiary/aromatic N) is 1. The van der Waals surface area contributed by atoms with Gasteiger partial charge in [0.25, 0.3) is 5.92 Å². The molecule has 0 amide bonds. The zero-order valence-corrected chi connectivity index (χ0v) is 11.6. The van der Waals surface area contributed by atoms with Crippen LogP contribution in [-0.4, -0.2) is 21.3 Å². The third-order valence-electron chi connectivity index (χ3n) is 3.88. The Bertz CT molecular complexity index is 363. The first-order chi connectivity index (χ1) is 8.17. The predicted octanol–water partition coefficient (Wildman–Crippen LogP) is 2.22. The molecule has 0 radical (unpaired) electrons. The average molecular weight is 276 g/mol. The quantitative estimate of drug-likeness (QED) is 0.804. The van der Waals surface area contributed by atoms with Crippen molar-refractivity contribution >= 4 is 11.4 Å². The zero-order valence-electron chi connectivity index (χ0n) is 10.7. The number of alkyl halides is 2. The van der Waals surface area contributed by atoms with Gasteiger partial charge in [0.2, 0.25) is 0 Å². The molecule has 0 aromatic heterocycles. The maximum atomic E-state index is 13.1. The normalized spacial score (nSPS) is 36.6. The van der Waals surface area contributed by atoms with Gasteiger partial charge in [-0.2, -0.15) is 5.26 Å². The van der Waals surface area contributed by atoms with Crippen molar-refractivity contribution in [1.82, 2.24) is 4.72 Å². The number of rotatable bonds is 3. The van der Waals surface area contributed by atoms with Crippen molar-refractivity contribution < 1.29 is 13.3 Å². The second-order valence-corrected chi connectivity index (χ2v) is 8.22. The van der Waals surface area contributed by atoms with E-state index in [1.54, 1.807) is 0 Å². The first-order valence-corrected chi connectivity index (χ1v) is 7.28. The van der Waals surface area contributed by atoms with E-state index >= 15 is 0 Å². The number of halogens is 2. The van der Waals surface area contributed by atoms with E-state index in [0.29, 0.717) is 12.8 Å². The van der Waals surface area contributed by atoms with Crippen LogP contribution < -0.4 is 4.72 Å². The molecule has 2 rings (SSSR count). The molecule has 3 nitrogen and oxygen atoms in total. The summed E-state index contributed by atoms with van der Waals surface area (Å²) in [6.45, 7) is 5.43. The standard InChI is InChI=1S/C12H18F2N2OS/c1-11(2,3)18(17)16-10(6-15)7-4-8-9(5-7)12(8,13)14/h7-10,16H,4-5H2,1-3H3/t7-,8-,9+,10-,18+/m1/s1. The van der Waals surface area contributed by atoms with Crippen LogP contribution in [0.25, 0.3) is 0 Å². The van der Waals surface area contributed by atoms with Gasteiger partial charge in [0.05, 0.1) is 6.07 Å². The predicted molar refractivity (Wildman–Crippen MR) is 65.1 cm³/mol. The van der Waals surface area contributed by atoms with Crippen LogP contribution in [0.1, 0.15) is 33.6 Å². The monoisotopic (exact) mass is 276 g/mol. The van der Waals surface area contributed by atoms with E-state index in [1.807, 2.05) is 20.8 Å². The summed E-state index contributed by atoms with van der Waals surface area (Å²) in [5.74, 6) is -3.72. The Morgan fingerprint density at radius 2 is 1.89 bits per heavy atom. The molecule has 0 unspecified atom stereocenters. The minimum atomic E-state index is -2.51. The summed E-state index contributed by atoms with van der Waals surface area (Å²) in [7, 11) is 0. The molecule has 0 aliphatic heterocycles. The van der Waals surface area contributed by atoms with Crippen molar-refractivity contribution in [2.24, 2.45) is 17.8 Å². The summed E-state index contributed by atoms with van der Waals surface area (Å²) >= 11 is -1.34. The minimum absolute atomic E-state index is 0.101. The first-order valence-electron chi connectivity index (χ1n) is 6.13. The largest absolute Gasteiger partial charge is 0.598 e.